The van der Waals surface area contributed by atoms with E-state index in [2.05, 4.69) is 54.8 Å². The maximum Gasteiger partial charge on any atom is 0.472 e. The number of phosphoric ester groups is 1. The van der Waals surface area contributed by atoms with Crippen LogP contribution in [0, 0.1) is 0 Å². The second kappa shape index (κ2) is 40.9. The molecule has 0 aliphatic heterocycles. The van der Waals surface area contributed by atoms with Crippen LogP contribution in [0.3, 0.4) is 0 Å². The molecule has 0 aromatic rings. The highest BCUT2D eigenvalue weighted by Crippen LogP contribution is 2.43. The fraction of sp³-hybridized carbons (Fsp3) is 0.717. The number of hydrogen-bond acceptors (Lipinski definition) is 9. The minimum absolute atomic E-state index is 0.0714. The van der Waals surface area contributed by atoms with Crippen LogP contribution in [0.4, 0.5) is 0 Å². The van der Waals surface area contributed by atoms with E-state index in [9.17, 15) is 23.8 Å². The van der Waals surface area contributed by atoms with Crippen LogP contribution in [0.15, 0.2) is 60.8 Å². The van der Waals surface area contributed by atoms with Gasteiger partial charge >= 0.3 is 25.7 Å². The minimum Gasteiger partial charge on any atom is -0.480 e. The van der Waals surface area contributed by atoms with Crippen LogP contribution in [0.25, 0.3) is 0 Å². The van der Waals surface area contributed by atoms with Crippen LogP contribution < -0.4 is 5.73 Å². The maximum absolute atomic E-state index is 12.6. The largest absolute Gasteiger partial charge is 0.480 e. The highest BCUT2D eigenvalue weighted by Gasteiger charge is 2.28. The van der Waals surface area contributed by atoms with Gasteiger partial charge < -0.3 is 25.2 Å². The first-order valence-corrected chi connectivity index (χ1v) is 23.8. The van der Waals surface area contributed by atoms with Crippen molar-refractivity contribution in [1.82, 2.24) is 0 Å². The maximum atomic E-state index is 12.6. The Balaban J connectivity index is 4.41. The lowest BCUT2D eigenvalue weighted by Crippen LogP contribution is -2.34. The van der Waals surface area contributed by atoms with Crippen LogP contribution in [0.2, 0.25) is 0 Å². The summed E-state index contributed by atoms with van der Waals surface area (Å²) in [5.74, 6) is -2.54. The molecule has 3 unspecified atom stereocenters. The first-order valence-electron chi connectivity index (χ1n) is 22.3. The molecule has 12 heteroatoms. The van der Waals surface area contributed by atoms with Crippen LogP contribution in [0.5, 0.6) is 0 Å². The van der Waals surface area contributed by atoms with Crippen LogP contribution in [0.1, 0.15) is 181 Å². The molecule has 3 atom stereocenters. The van der Waals surface area contributed by atoms with Gasteiger partial charge in [0.05, 0.1) is 19.6 Å². The third kappa shape index (κ3) is 40.0. The zero-order chi connectivity index (χ0) is 42.8. The number of nitrogens with two attached hydrogens (primary N) is 1. The van der Waals surface area contributed by atoms with Gasteiger partial charge in [-0.05, 0) is 38.5 Å². The molecule has 0 amide bonds. The van der Waals surface area contributed by atoms with Gasteiger partial charge in [-0.25, -0.2) is 4.57 Å². The third-order valence-electron chi connectivity index (χ3n) is 9.31. The van der Waals surface area contributed by atoms with Crippen molar-refractivity contribution in [1.29, 1.82) is 0 Å². The van der Waals surface area contributed by atoms with Crippen molar-refractivity contribution in [2.75, 3.05) is 19.8 Å². The number of carboxylic acids is 1. The number of ether oxygens (including phenoxy) is 2. The zero-order valence-corrected chi connectivity index (χ0v) is 37.0. The molecule has 0 radical (unpaired) electrons. The highest BCUT2D eigenvalue weighted by molar-refractivity contribution is 7.47. The third-order valence-corrected chi connectivity index (χ3v) is 10.3. The van der Waals surface area contributed by atoms with Crippen LogP contribution >= 0.6 is 7.82 Å². The van der Waals surface area contributed by atoms with Gasteiger partial charge in [0, 0.05) is 6.42 Å². The summed E-state index contributed by atoms with van der Waals surface area (Å²) in [5, 5.41) is 8.89. The number of carbonyl (C=O) groups excluding carboxylic acids is 2. The van der Waals surface area contributed by atoms with Crippen molar-refractivity contribution in [2.45, 2.75) is 193 Å². The zero-order valence-electron chi connectivity index (χ0n) is 36.1. The molecule has 334 valence electrons. The molecule has 0 spiro atoms. The molecule has 11 nitrogen and oxygen atoms in total. The predicted molar refractivity (Wildman–Crippen MR) is 235 cm³/mol. The smallest absolute Gasteiger partial charge is 0.472 e. The number of esters is 2. The molecule has 0 aliphatic carbocycles. The average Bonchev–Trinajstić information content (AvgIpc) is 3.20. The molecule has 58 heavy (non-hydrogen) atoms. The van der Waals surface area contributed by atoms with Gasteiger partial charge in [0.2, 0.25) is 0 Å². The number of aliphatic carboxylic acids is 1. The van der Waals surface area contributed by atoms with E-state index in [1.165, 1.54) is 96.3 Å². The number of carbonyl (C=O) groups is 3. The summed E-state index contributed by atoms with van der Waals surface area (Å²) >= 11 is 0. The van der Waals surface area contributed by atoms with Gasteiger partial charge in [0.1, 0.15) is 12.6 Å². The van der Waals surface area contributed by atoms with Crippen molar-refractivity contribution < 1.29 is 47.5 Å². The molecule has 0 aromatic carbocycles. The van der Waals surface area contributed by atoms with Crippen LogP contribution in [-0.4, -0.2) is 59.9 Å². The number of carboxylic acid groups (broad SMARTS) is 1. The van der Waals surface area contributed by atoms with Crippen LogP contribution in [-0.2, 0) is 37.5 Å². The van der Waals surface area contributed by atoms with E-state index in [0.717, 1.165) is 44.9 Å². The Morgan fingerprint density at radius 3 is 1.38 bits per heavy atom. The number of rotatable bonds is 41. The summed E-state index contributed by atoms with van der Waals surface area (Å²) in [7, 11) is -4.74. The Hall–Kier alpha value is -2.82. The van der Waals surface area contributed by atoms with E-state index in [-0.39, 0.29) is 19.4 Å². The Bertz CT molecular complexity index is 1210. The number of allylic oxidation sites excluding steroid dienone is 9. The topological polar surface area (TPSA) is 172 Å². The quantitative estimate of drug-likeness (QED) is 0.0231. The molecule has 0 bridgehead atoms. The molecule has 0 aromatic heterocycles. The Labute approximate surface area is 351 Å². The number of unbranched alkanes of at least 4 members (excludes halogenated alkanes) is 18. The second-order valence-electron chi connectivity index (χ2n) is 14.8. The fourth-order valence-electron chi connectivity index (χ4n) is 5.85. The summed E-state index contributed by atoms with van der Waals surface area (Å²) < 4.78 is 32.6. The van der Waals surface area contributed by atoms with Crippen molar-refractivity contribution in [3.05, 3.63) is 60.8 Å². The predicted octanol–water partition coefficient (Wildman–Crippen LogP) is 12.0. The lowest BCUT2D eigenvalue weighted by molar-refractivity contribution is -0.160. The van der Waals surface area contributed by atoms with E-state index in [1.54, 1.807) is 6.08 Å². The minimum atomic E-state index is -4.74. The summed E-state index contributed by atoms with van der Waals surface area (Å²) in [4.78, 5) is 45.9. The molecule has 0 saturated carbocycles. The van der Waals surface area contributed by atoms with Gasteiger partial charge in [0.15, 0.2) is 6.10 Å². The van der Waals surface area contributed by atoms with E-state index in [0.29, 0.717) is 12.8 Å². The molecule has 0 heterocycles. The molecule has 0 rings (SSSR count). The lowest BCUT2D eigenvalue weighted by Gasteiger charge is -2.20. The molecule has 0 fully saturated rings. The van der Waals surface area contributed by atoms with Gasteiger partial charge in [-0.1, -0.05) is 190 Å². The summed E-state index contributed by atoms with van der Waals surface area (Å²) in [6.07, 6.45) is 47.5. The first kappa shape index (κ1) is 55.2. The monoisotopic (exact) mass is 838 g/mol. The van der Waals surface area contributed by atoms with Crippen molar-refractivity contribution in [3.8, 4) is 0 Å². The standard InChI is InChI=1S/C46H80NO10P/c1-3-5-7-9-11-13-15-17-19-20-21-22-24-25-27-29-31-33-35-37-44(48)54-39-42(40-55-58(52,53)56-41-43(47)46(50)51)57-45(49)38-36-34-32-30-28-26-23-18-16-14-12-10-8-6-4-2/h6,8,12,14,18,23,28,30,34,36,42-43H,3-5,7,9-11,13,15-17,19-22,24-27,29,31-33,35,37-41,47H2,1-2H3,(H,50,51)(H,52,53)/b8-6-,14-12-,23-18-,30-28-,36-34-. The van der Waals surface area contributed by atoms with E-state index in [4.69, 9.17) is 24.8 Å². The van der Waals surface area contributed by atoms with Crippen molar-refractivity contribution in [3.63, 3.8) is 0 Å². The van der Waals surface area contributed by atoms with E-state index < -0.39 is 51.1 Å². The first-order chi connectivity index (χ1) is 28.1. The normalized spacial score (nSPS) is 14.3. The molecule has 0 aliphatic rings. The summed E-state index contributed by atoms with van der Waals surface area (Å²) in [5.41, 5.74) is 5.33. The number of hydrogen-bond donors (Lipinski definition) is 3. The Morgan fingerprint density at radius 1 is 0.552 bits per heavy atom. The molecule has 4 N–H and O–H groups in total. The SMILES string of the molecule is CC/C=C\C/C=C\C/C=C\C/C=C\C/C=C\CC(=O)OC(COC(=O)CCCCCCCCCCCCCCCCCCCCC)COP(=O)(O)OCC(N)C(=O)O. The lowest BCUT2D eigenvalue weighted by atomic mass is 10.0. The average molecular weight is 838 g/mol. The summed E-state index contributed by atoms with van der Waals surface area (Å²) in [6, 6.07) is -1.54. The van der Waals surface area contributed by atoms with Gasteiger partial charge in [-0.3, -0.25) is 23.4 Å². The van der Waals surface area contributed by atoms with E-state index >= 15 is 0 Å². The Kier molecular flexibility index (Phi) is 38.9. The molecule has 0 saturated heterocycles. The summed E-state index contributed by atoms with van der Waals surface area (Å²) in [6.45, 7) is 2.60. The van der Waals surface area contributed by atoms with Crippen molar-refractivity contribution >= 4 is 25.7 Å². The van der Waals surface area contributed by atoms with E-state index in [1.807, 2.05) is 18.2 Å². The Morgan fingerprint density at radius 2 is 0.948 bits per heavy atom. The highest BCUT2D eigenvalue weighted by atomic mass is 31.2. The van der Waals surface area contributed by atoms with Gasteiger partial charge in [-0.2, -0.15) is 0 Å². The molecular weight excluding hydrogens is 757 g/mol. The van der Waals surface area contributed by atoms with Gasteiger partial charge in [-0.15, -0.1) is 0 Å². The molecular formula is C46H80NO10P. The second-order valence-corrected chi connectivity index (χ2v) is 16.3. The number of phosphoric acid groups is 1. The van der Waals surface area contributed by atoms with Gasteiger partial charge in [0.25, 0.3) is 0 Å². The van der Waals surface area contributed by atoms with Crippen molar-refractivity contribution in [2.24, 2.45) is 5.73 Å². The fourth-order valence-corrected chi connectivity index (χ4v) is 6.62.